The van der Waals surface area contributed by atoms with Crippen LogP contribution in [0.3, 0.4) is 0 Å². The van der Waals surface area contributed by atoms with E-state index in [1.54, 1.807) is 0 Å². The first-order chi connectivity index (χ1) is 9.67. The first-order valence-electron chi connectivity index (χ1n) is 6.42. The molecule has 0 heterocycles. The van der Waals surface area contributed by atoms with Crippen LogP contribution in [0.4, 0.5) is 11.4 Å². The molecule has 1 fully saturated rings. The zero-order chi connectivity index (χ0) is 15.8. The maximum atomic E-state index is 12.2. The van der Waals surface area contributed by atoms with Crippen molar-refractivity contribution >= 4 is 21.4 Å². The Kier molecular flexibility index (Phi) is 3.91. The Balaban J connectivity index is 2.25. The van der Waals surface area contributed by atoms with Crippen LogP contribution in [0.2, 0.25) is 0 Å². The monoisotopic (exact) mass is 314 g/mol. The van der Waals surface area contributed by atoms with Crippen molar-refractivity contribution in [3.63, 3.8) is 0 Å². The lowest BCUT2D eigenvalue weighted by Gasteiger charge is -2.09. The Bertz CT molecular complexity index is 672. The molecule has 1 aromatic carbocycles. The number of nitrogens with one attached hydrogen (secondary N) is 2. The lowest BCUT2D eigenvalue weighted by molar-refractivity contribution is -0.387. The molecule has 0 radical (unpaired) electrons. The lowest BCUT2D eigenvalue weighted by atomic mass is 10.1. The molecule has 1 atom stereocenters. The van der Waals surface area contributed by atoms with Gasteiger partial charge >= 0.3 is 0 Å². The number of nitrogen functional groups attached to an aromatic ring is 1. The number of hydrogen-bond acceptors (Lipinski definition) is 6. The van der Waals surface area contributed by atoms with Crippen LogP contribution in [-0.4, -0.2) is 19.9 Å². The van der Waals surface area contributed by atoms with E-state index >= 15 is 0 Å². The molecule has 1 aliphatic carbocycles. The molecule has 0 saturated heterocycles. The summed E-state index contributed by atoms with van der Waals surface area (Å²) in [5.74, 6) is 5.44. The van der Waals surface area contributed by atoms with Gasteiger partial charge in [-0.25, -0.2) is 13.1 Å². The van der Waals surface area contributed by atoms with E-state index in [9.17, 15) is 18.5 Å². The van der Waals surface area contributed by atoms with E-state index in [0.717, 1.165) is 12.5 Å². The number of nitrogens with zero attached hydrogens (tertiary/aromatic N) is 1. The highest BCUT2D eigenvalue weighted by Crippen LogP contribution is 2.51. The Hall–Kier alpha value is -1.71. The molecule has 0 aromatic heterocycles. The summed E-state index contributed by atoms with van der Waals surface area (Å²) in [5, 5.41) is 11.0. The molecule has 0 bridgehead atoms. The molecule has 1 unspecified atom stereocenters. The molecule has 1 aliphatic rings. The molecular weight excluding hydrogens is 296 g/mol. The minimum absolute atomic E-state index is 0.127. The van der Waals surface area contributed by atoms with E-state index in [2.05, 4.69) is 24.0 Å². The van der Waals surface area contributed by atoms with Gasteiger partial charge in [-0.15, -0.1) is 0 Å². The predicted molar refractivity (Wildman–Crippen MR) is 78.0 cm³/mol. The number of rotatable bonds is 6. The average Bonchev–Trinajstić information content (AvgIpc) is 3.03. The van der Waals surface area contributed by atoms with Crippen LogP contribution in [0, 0.1) is 21.4 Å². The second kappa shape index (κ2) is 5.24. The van der Waals surface area contributed by atoms with E-state index < -0.39 is 20.6 Å². The second-order valence-electron chi connectivity index (χ2n) is 5.83. The van der Waals surface area contributed by atoms with Crippen LogP contribution in [0.1, 0.15) is 20.3 Å². The fraction of sp³-hybridized carbons (Fsp3) is 0.500. The zero-order valence-corrected chi connectivity index (χ0v) is 12.6. The quantitative estimate of drug-likeness (QED) is 0.411. The van der Waals surface area contributed by atoms with Crippen LogP contribution in [-0.2, 0) is 10.0 Å². The van der Waals surface area contributed by atoms with E-state index in [4.69, 9.17) is 5.84 Å². The SMILES string of the molecule is CC1(C)CC1CNS(=O)(=O)c1ccc(NN)cc1[N+](=O)[O-]. The number of nitrogens with two attached hydrogens (primary N) is 1. The molecule has 0 spiro atoms. The molecule has 8 nitrogen and oxygen atoms in total. The average molecular weight is 314 g/mol. The molecular formula is C12H18N4O4S. The van der Waals surface area contributed by atoms with Gasteiger partial charge < -0.3 is 5.43 Å². The third-order valence-corrected chi connectivity index (χ3v) is 5.32. The normalized spacial score (nSPS) is 20.0. The van der Waals surface area contributed by atoms with Gasteiger partial charge in [-0.05, 0) is 29.9 Å². The smallest absolute Gasteiger partial charge is 0.291 e. The van der Waals surface area contributed by atoms with E-state index in [0.29, 0.717) is 0 Å². The Morgan fingerprint density at radius 3 is 2.57 bits per heavy atom. The van der Waals surface area contributed by atoms with Gasteiger partial charge in [0.1, 0.15) is 0 Å². The second-order valence-corrected chi connectivity index (χ2v) is 7.56. The third kappa shape index (κ3) is 3.31. The highest BCUT2D eigenvalue weighted by atomic mass is 32.2. The molecule has 116 valence electrons. The molecule has 2 rings (SSSR count). The Morgan fingerprint density at radius 1 is 1.48 bits per heavy atom. The fourth-order valence-electron chi connectivity index (χ4n) is 2.19. The number of nitro benzene ring substituents is 1. The van der Waals surface area contributed by atoms with Crippen LogP contribution in [0.15, 0.2) is 23.1 Å². The number of hydrogen-bond donors (Lipinski definition) is 3. The van der Waals surface area contributed by atoms with Crippen molar-refractivity contribution in [1.82, 2.24) is 4.72 Å². The fourth-order valence-corrected chi connectivity index (χ4v) is 3.42. The van der Waals surface area contributed by atoms with Crippen LogP contribution in [0.5, 0.6) is 0 Å². The highest BCUT2D eigenvalue weighted by Gasteiger charge is 2.45. The molecule has 1 aromatic rings. The zero-order valence-electron chi connectivity index (χ0n) is 11.8. The maximum Gasteiger partial charge on any atom is 0.291 e. The van der Waals surface area contributed by atoms with Gasteiger partial charge in [0.05, 0.1) is 10.6 Å². The van der Waals surface area contributed by atoms with Crippen molar-refractivity contribution < 1.29 is 13.3 Å². The van der Waals surface area contributed by atoms with Gasteiger partial charge in [-0.3, -0.25) is 16.0 Å². The van der Waals surface area contributed by atoms with Crippen LogP contribution >= 0.6 is 0 Å². The van der Waals surface area contributed by atoms with Gasteiger partial charge in [-0.2, -0.15) is 0 Å². The lowest BCUT2D eigenvalue weighted by Crippen LogP contribution is -2.27. The molecule has 21 heavy (non-hydrogen) atoms. The molecule has 9 heteroatoms. The maximum absolute atomic E-state index is 12.2. The first kappa shape index (κ1) is 15.7. The van der Waals surface area contributed by atoms with Gasteiger partial charge in [0.2, 0.25) is 10.0 Å². The Morgan fingerprint density at radius 2 is 2.10 bits per heavy atom. The summed E-state index contributed by atoms with van der Waals surface area (Å²) in [6.07, 6.45) is 0.938. The van der Waals surface area contributed by atoms with Crippen LogP contribution < -0.4 is 16.0 Å². The van der Waals surface area contributed by atoms with Crippen molar-refractivity contribution in [3.05, 3.63) is 28.3 Å². The number of anilines is 1. The van der Waals surface area contributed by atoms with Gasteiger partial charge in [0, 0.05) is 12.6 Å². The summed E-state index contributed by atoms with van der Waals surface area (Å²) in [7, 11) is -3.93. The highest BCUT2D eigenvalue weighted by molar-refractivity contribution is 7.89. The van der Waals surface area contributed by atoms with Gasteiger partial charge in [-0.1, -0.05) is 13.8 Å². The molecule has 0 aliphatic heterocycles. The minimum atomic E-state index is -3.93. The van der Waals surface area contributed by atoms with Crippen molar-refractivity contribution in [2.45, 2.75) is 25.2 Å². The summed E-state index contributed by atoms with van der Waals surface area (Å²) < 4.78 is 26.9. The van der Waals surface area contributed by atoms with Crippen molar-refractivity contribution in [3.8, 4) is 0 Å². The van der Waals surface area contributed by atoms with E-state index in [-0.39, 0.29) is 28.5 Å². The largest absolute Gasteiger partial charge is 0.324 e. The first-order valence-corrected chi connectivity index (χ1v) is 7.90. The van der Waals surface area contributed by atoms with E-state index in [1.807, 2.05) is 0 Å². The van der Waals surface area contributed by atoms with Gasteiger partial charge in [0.15, 0.2) is 4.90 Å². The van der Waals surface area contributed by atoms with Crippen molar-refractivity contribution in [2.75, 3.05) is 12.0 Å². The topological polar surface area (TPSA) is 127 Å². The predicted octanol–water partition coefficient (Wildman–Crippen LogP) is 1.20. The summed E-state index contributed by atoms with van der Waals surface area (Å²) >= 11 is 0. The van der Waals surface area contributed by atoms with Crippen LogP contribution in [0.25, 0.3) is 0 Å². The third-order valence-electron chi connectivity index (χ3n) is 3.85. The standard InChI is InChI=1S/C12H18N4O4S/c1-12(2)6-8(12)7-14-21(19,20)11-4-3-9(15-13)5-10(11)16(17)18/h3-5,8,14-15H,6-7,13H2,1-2H3. The summed E-state index contributed by atoms with van der Waals surface area (Å²) in [6, 6.07) is 3.64. The molecule has 4 N–H and O–H groups in total. The van der Waals surface area contributed by atoms with Crippen molar-refractivity contribution in [1.29, 1.82) is 0 Å². The Labute approximate surface area is 122 Å². The molecule has 0 amide bonds. The number of sulfonamides is 1. The summed E-state index contributed by atoms with van der Waals surface area (Å²) in [5.41, 5.74) is 2.14. The number of nitro groups is 1. The number of hydrazine groups is 1. The molecule has 1 saturated carbocycles. The summed E-state index contributed by atoms with van der Waals surface area (Å²) in [6.45, 7) is 4.38. The van der Waals surface area contributed by atoms with E-state index in [1.165, 1.54) is 12.1 Å². The number of benzene rings is 1. The minimum Gasteiger partial charge on any atom is -0.324 e. The summed E-state index contributed by atoms with van der Waals surface area (Å²) in [4.78, 5) is 9.94. The van der Waals surface area contributed by atoms with Gasteiger partial charge in [0.25, 0.3) is 5.69 Å². The van der Waals surface area contributed by atoms with Crippen molar-refractivity contribution in [2.24, 2.45) is 17.2 Å².